The Kier molecular flexibility index (Phi) is 2.78. The van der Waals surface area contributed by atoms with Crippen molar-refractivity contribution >= 4 is 11.0 Å². The maximum Gasteiger partial charge on any atom is 0.134 e. The number of benzene rings is 1. The molecule has 2 heteroatoms. The van der Waals surface area contributed by atoms with Gasteiger partial charge >= 0.3 is 0 Å². The van der Waals surface area contributed by atoms with Gasteiger partial charge in [0.1, 0.15) is 11.3 Å². The van der Waals surface area contributed by atoms with Crippen LogP contribution in [-0.4, -0.2) is 13.1 Å². The van der Waals surface area contributed by atoms with E-state index in [0.29, 0.717) is 6.04 Å². The van der Waals surface area contributed by atoms with Gasteiger partial charge in [-0.05, 0) is 39.1 Å². The van der Waals surface area contributed by atoms with Gasteiger partial charge in [0, 0.05) is 17.8 Å². The molecule has 0 saturated heterocycles. The van der Waals surface area contributed by atoms with E-state index in [1.807, 2.05) is 13.1 Å². The predicted octanol–water partition coefficient (Wildman–Crippen LogP) is 2.89. The van der Waals surface area contributed by atoms with Crippen molar-refractivity contribution in [3.63, 3.8) is 0 Å². The van der Waals surface area contributed by atoms with E-state index in [0.717, 1.165) is 17.8 Å². The van der Waals surface area contributed by atoms with E-state index in [2.05, 4.69) is 37.4 Å². The highest BCUT2D eigenvalue weighted by molar-refractivity contribution is 5.78. The summed E-state index contributed by atoms with van der Waals surface area (Å²) in [6, 6.07) is 8.87. The monoisotopic (exact) mass is 203 g/mol. The second-order valence-corrected chi connectivity index (χ2v) is 4.15. The van der Waals surface area contributed by atoms with Gasteiger partial charge in [-0.2, -0.15) is 0 Å². The van der Waals surface area contributed by atoms with E-state index in [4.69, 9.17) is 4.42 Å². The largest absolute Gasteiger partial charge is 0.461 e. The van der Waals surface area contributed by atoms with Crippen LogP contribution >= 0.6 is 0 Å². The second-order valence-electron chi connectivity index (χ2n) is 4.15. The van der Waals surface area contributed by atoms with Crippen LogP contribution in [0.5, 0.6) is 0 Å². The molecule has 2 nitrogen and oxygen atoms in total. The summed E-state index contributed by atoms with van der Waals surface area (Å²) in [5.41, 5.74) is 2.26. The number of aryl methyl sites for hydroxylation is 1. The Balaban J connectivity index is 2.30. The summed E-state index contributed by atoms with van der Waals surface area (Å²) < 4.78 is 5.76. The topological polar surface area (TPSA) is 25.2 Å². The van der Waals surface area contributed by atoms with E-state index >= 15 is 0 Å². The van der Waals surface area contributed by atoms with Gasteiger partial charge in [-0.25, -0.2) is 0 Å². The van der Waals surface area contributed by atoms with Crippen LogP contribution in [0.4, 0.5) is 0 Å². The molecule has 2 rings (SSSR count). The molecule has 15 heavy (non-hydrogen) atoms. The lowest BCUT2D eigenvalue weighted by atomic mass is 10.1. The Morgan fingerprint density at radius 1 is 1.33 bits per heavy atom. The quantitative estimate of drug-likeness (QED) is 0.829. The molecular formula is C13H17NO. The third-order valence-electron chi connectivity index (χ3n) is 2.72. The van der Waals surface area contributed by atoms with Crippen molar-refractivity contribution in [2.24, 2.45) is 0 Å². The van der Waals surface area contributed by atoms with E-state index in [-0.39, 0.29) is 0 Å². The molecule has 0 radical (unpaired) electrons. The highest BCUT2D eigenvalue weighted by atomic mass is 16.3. The fourth-order valence-corrected chi connectivity index (χ4v) is 1.72. The summed E-state index contributed by atoms with van der Waals surface area (Å²) in [7, 11) is 1.97. The molecule has 0 aliphatic heterocycles. The minimum atomic E-state index is 0.451. The summed E-state index contributed by atoms with van der Waals surface area (Å²) in [4.78, 5) is 0. The minimum absolute atomic E-state index is 0.451. The zero-order valence-electron chi connectivity index (χ0n) is 9.50. The molecule has 2 aromatic rings. The number of fused-ring (bicyclic) bond motifs is 1. The molecule has 0 aliphatic carbocycles. The maximum atomic E-state index is 5.76. The van der Waals surface area contributed by atoms with E-state index in [1.54, 1.807) is 0 Å². The Labute approximate surface area is 90.3 Å². The predicted molar refractivity (Wildman–Crippen MR) is 63.2 cm³/mol. The van der Waals surface area contributed by atoms with Crippen LogP contribution in [0, 0.1) is 6.92 Å². The van der Waals surface area contributed by atoms with Gasteiger partial charge in [0.2, 0.25) is 0 Å². The number of rotatable bonds is 3. The summed E-state index contributed by atoms with van der Waals surface area (Å²) in [6.45, 7) is 4.25. The average Bonchev–Trinajstić information content (AvgIpc) is 2.59. The average molecular weight is 203 g/mol. The zero-order valence-corrected chi connectivity index (χ0v) is 9.50. The SMILES string of the molecule is CNC(C)Cc1cc2cc(C)ccc2o1. The molecule has 1 N–H and O–H groups in total. The summed E-state index contributed by atoms with van der Waals surface area (Å²) in [6.07, 6.45) is 0.935. The van der Waals surface area contributed by atoms with E-state index in [1.165, 1.54) is 10.9 Å². The number of nitrogens with one attached hydrogen (secondary N) is 1. The molecule has 80 valence electrons. The van der Waals surface area contributed by atoms with Crippen molar-refractivity contribution in [2.75, 3.05) is 7.05 Å². The lowest BCUT2D eigenvalue weighted by Crippen LogP contribution is -2.23. The molecule has 0 amide bonds. The van der Waals surface area contributed by atoms with Gasteiger partial charge < -0.3 is 9.73 Å². The number of hydrogen-bond acceptors (Lipinski definition) is 2. The first-order valence-electron chi connectivity index (χ1n) is 5.35. The highest BCUT2D eigenvalue weighted by Gasteiger charge is 2.06. The van der Waals surface area contributed by atoms with Crippen LogP contribution < -0.4 is 5.32 Å². The number of likely N-dealkylation sites (N-methyl/N-ethyl adjacent to an activating group) is 1. The first-order chi connectivity index (χ1) is 7.19. The van der Waals surface area contributed by atoms with Gasteiger partial charge in [-0.15, -0.1) is 0 Å². The van der Waals surface area contributed by atoms with Crippen molar-refractivity contribution in [3.8, 4) is 0 Å². The molecule has 1 atom stereocenters. The smallest absolute Gasteiger partial charge is 0.134 e. The van der Waals surface area contributed by atoms with Crippen LogP contribution in [0.3, 0.4) is 0 Å². The standard InChI is InChI=1S/C13H17NO/c1-9-4-5-13-11(6-9)8-12(15-13)7-10(2)14-3/h4-6,8,10,14H,7H2,1-3H3. The normalized spacial score (nSPS) is 13.3. The molecule has 1 unspecified atom stereocenters. The molecule has 1 heterocycles. The molecule has 0 aliphatic rings. The molecule has 0 bridgehead atoms. The third kappa shape index (κ3) is 2.21. The van der Waals surface area contributed by atoms with Gasteiger partial charge in [-0.1, -0.05) is 11.6 Å². The van der Waals surface area contributed by atoms with Crippen molar-refractivity contribution in [1.82, 2.24) is 5.32 Å². The number of hydrogen-bond donors (Lipinski definition) is 1. The van der Waals surface area contributed by atoms with Crippen LogP contribution in [0.25, 0.3) is 11.0 Å². The van der Waals surface area contributed by atoms with Crippen LogP contribution in [0.15, 0.2) is 28.7 Å². The first-order valence-corrected chi connectivity index (χ1v) is 5.35. The van der Waals surface area contributed by atoms with Gasteiger partial charge in [0.25, 0.3) is 0 Å². The lowest BCUT2D eigenvalue weighted by molar-refractivity contribution is 0.497. The van der Waals surface area contributed by atoms with Crippen molar-refractivity contribution in [1.29, 1.82) is 0 Å². The van der Waals surface area contributed by atoms with Gasteiger partial charge in [-0.3, -0.25) is 0 Å². The van der Waals surface area contributed by atoms with Crippen molar-refractivity contribution < 1.29 is 4.42 Å². The van der Waals surface area contributed by atoms with E-state index < -0.39 is 0 Å². The highest BCUT2D eigenvalue weighted by Crippen LogP contribution is 2.21. The maximum absolute atomic E-state index is 5.76. The summed E-state index contributed by atoms with van der Waals surface area (Å²) in [5, 5.41) is 4.41. The number of furan rings is 1. The zero-order chi connectivity index (χ0) is 10.8. The van der Waals surface area contributed by atoms with Crippen molar-refractivity contribution in [3.05, 3.63) is 35.6 Å². The van der Waals surface area contributed by atoms with Crippen molar-refractivity contribution in [2.45, 2.75) is 26.3 Å². The molecule has 1 aromatic heterocycles. The Morgan fingerprint density at radius 2 is 2.13 bits per heavy atom. The Morgan fingerprint density at radius 3 is 2.87 bits per heavy atom. The van der Waals surface area contributed by atoms with Gasteiger partial charge in [0.15, 0.2) is 0 Å². The minimum Gasteiger partial charge on any atom is -0.461 e. The lowest BCUT2D eigenvalue weighted by Gasteiger charge is -2.06. The van der Waals surface area contributed by atoms with Crippen LogP contribution in [-0.2, 0) is 6.42 Å². The molecule has 1 aromatic carbocycles. The van der Waals surface area contributed by atoms with Gasteiger partial charge in [0.05, 0.1) is 0 Å². The first kappa shape index (κ1) is 10.2. The van der Waals surface area contributed by atoms with Crippen LogP contribution in [0.2, 0.25) is 0 Å². The van der Waals surface area contributed by atoms with E-state index in [9.17, 15) is 0 Å². The third-order valence-corrected chi connectivity index (χ3v) is 2.72. The Bertz CT molecular complexity index is 459. The molecule has 0 fully saturated rings. The molecule has 0 saturated carbocycles. The van der Waals surface area contributed by atoms with Crippen LogP contribution in [0.1, 0.15) is 18.2 Å². The Hall–Kier alpha value is -1.28. The second kappa shape index (κ2) is 4.07. The fourth-order valence-electron chi connectivity index (χ4n) is 1.72. The molecular weight excluding hydrogens is 186 g/mol. The molecule has 0 spiro atoms. The fraction of sp³-hybridized carbons (Fsp3) is 0.385. The summed E-state index contributed by atoms with van der Waals surface area (Å²) in [5.74, 6) is 1.05. The summed E-state index contributed by atoms with van der Waals surface area (Å²) >= 11 is 0.